The highest BCUT2D eigenvalue weighted by atomic mass is 32.1. The number of thiophene rings is 1. The monoisotopic (exact) mass is 392 g/mol. The fraction of sp³-hybridized carbons (Fsp3) is 0.333. The van der Waals surface area contributed by atoms with Gasteiger partial charge in [-0.2, -0.15) is 5.26 Å². The largest absolute Gasteiger partial charge is 0.457 e. The fourth-order valence-electron chi connectivity index (χ4n) is 3.51. The van der Waals surface area contributed by atoms with Crippen LogP contribution in [0.15, 0.2) is 24.3 Å². The zero-order valence-corrected chi connectivity index (χ0v) is 16.2. The molecule has 0 bridgehead atoms. The number of aromatic nitrogens is 2. The SMILES string of the molecule is N#Cc1ccc(CCC(=O)OCc2nc(N)c3c4c(sc3n2)CCCC4)cc1. The molecule has 2 N–H and O–H groups in total. The summed E-state index contributed by atoms with van der Waals surface area (Å²) in [6, 6.07) is 9.26. The number of nitrogens with two attached hydrogens (primary N) is 1. The molecule has 7 heteroatoms. The summed E-state index contributed by atoms with van der Waals surface area (Å²) in [6.45, 7) is 0.0227. The van der Waals surface area contributed by atoms with Gasteiger partial charge in [0.05, 0.1) is 17.0 Å². The molecule has 0 amide bonds. The lowest BCUT2D eigenvalue weighted by Crippen LogP contribution is -2.09. The van der Waals surface area contributed by atoms with E-state index in [9.17, 15) is 4.79 Å². The number of hydrogen-bond donors (Lipinski definition) is 1. The molecule has 0 radical (unpaired) electrons. The van der Waals surface area contributed by atoms with E-state index in [2.05, 4.69) is 16.0 Å². The molecule has 6 nitrogen and oxygen atoms in total. The second-order valence-electron chi connectivity index (χ2n) is 6.89. The second kappa shape index (κ2) is 7.95. The molecule has 1 aliphatic carbocycles. The van der Waals surface area contributed by atoms with Gasteiger partial charge in [-0.1, -0.05) is 12.1 Å². The van der Waals surface area contributed by atoms with Crippen molar-refractivity contribution < 1.29 is 9.53 Å². The highest BCUT2D eigenvalue weighted by Crippen LogP contribution is 2.37. The summed E-state index contributed by atoms with van der Waals surface area (Å²) in [5.41, 5.74) is 9.07. The Kier molecular flexibility index (Phi) is 5.22. The summed E-state index contributed by atoms with van der Waals surface area (Å²) in [7, 11) is 0. The predicted octanol–water partition coefficient (Wildman–Crippen LogP) is 3.70. The van der Waals surface area contributed by atoms with Crippen molar-refractivity contribution in [2.45, 2.75) is 45.1 Å². The lowest BCUT2D eigenvalue weighted by molar-refractivity contribution is -0.145. The third-order valence-electron chi connectivity index (χ3n) is 4.95. The fourth-order valence-corrected chi connectivity index (χ4v) is 4.79. The Labute approximate surface area is 167 Å². The number of benzene rings is 1. The molecule has 4 rings (SSSR count). The first kappa shape index (κ1) is 18.4. The van der Waals surface area contributed by atoms with Gasteiger partial charge in [-0.15, -0.1) is 11.3 Å². The molecule has 1 aliphatic rings. The average molecular weight is 392 g/mol. The number of fused-ring (bicyclic) bond motifs is 3. The van der Waals surface area contributed by atoms with Crippen LogP contribution in [0, 0.1) is 11.3 Å². The highest BCUT2D eigenvalue weighted by Gasteiger charge is 2.20. The van der Waals surface area contributed by atoms with Crippen LogP contribution >= 0.6 is 11.3 Å². The quantitative estimate of drug-likeness (QED) is 0.664. The maximum absolute atomic E-state index is 12.1. The summed E-state index contributed by atoms with van der Waals surface area (Å²) in [6.07, 6.45) is 5.32. The molecular weight excluding hydrogens is 372 g/mol. The second-order valence-corrected chi connectivity index (χ2v) is 7.97. The van der Waals surface area contributed by atoms with Crippen LogP contribution in [0.4, 0.5) is 5.82 Å². The summed E-state index contributed by atoms with van der Waals surface area (Å²) < 4.78 is 5.33. The summed E-state index contributed by atoms with van der Waals surface area (Å²) >= 11 is 1.68. The minimum Gasteiger partial charge on any atom is -0.457 e. The minimum absolute atomic E-state index is 0.0227. The normalized spacial score (nSPS) is 13.1. The van der Waals surface area contributed by atoms with Gasteiger partial charge in [0.1, 0.15) is 10.6 Å². The van der Waals surface area contributed by atoms with Crippen molar-refractivity contribution >= 4 is 33.3 Å². The molecule has 142 valence electrons. The summed E-state index contributed by atoms with van der Waals surface area (Å²) in [5, 5.41) is 9.80. The van der Waals surface area contributed by atoms with Crippen LogP contribution in [0.5, 0.6) is 0 Å². The van der Waals surface area contributed by atoms with E-state index in [-0.39, 0.29) is 19.0 Å². The number of aryl methyl sites for hydroxylation is 3. The number of hydrogen-bond acceptors (Lipinski definition) is 7. The standard InChI is InChI=1S/C21H20N4O2S/c22-11-14-7-5-13(6-8-14)9-10-18(26)27-12-17-24-20(23)19-15-3-1-2-4-16(15)28-21(19)25-17/h5-8H,1-4,9-10,12H2,(H2,23,24,25). The summed E-state index contributed by atoms with van der Waals surface area (Å²) in [4.78, 5) is 23.2. The van der Waals surface area contributed by atoms with E-state index in [1.165, 1.54) is 23.3 Å². The van der Waals surface area contributed by atoms with E-state index in [1.54, 1.807) is 23.5 Å². The number of anilines is 1. The Hall–Kier alpha value is -2.98. The van der Waals surface area contributed by atoms with Gasteiger partial charge in [0, 0.05) is 11.3 Å². The predicted molar refractivity (Wildman–Crippen MR) is 108 cm³/mol. The Balaban J connectivity index is 1.38. The first-order chi connectivity index (χ1) is 13.6. The number of carbonyl (C=O) groups is 1. The van der Waals surface area contributed by atoms with E-state index < -0.39 is 0 Å². The molecule has 2 heterocycles. The average Bonchev–Trinajstić information content (AvgIpc) is 3.10. The Bertz CT molecular complexity index is 1070. The molecule has 0 saturated heterocycles. The van der Waals surface area contributed by atoms with E-state index in [4.69, 9.17) is 15.7 Å². The topological polar surface area (TPSA) is 102 Å². The Morgan fingerprint density at radius 2 is 2.00 bits per heavy atom. The Morgan fingerprint density at radius 3 is 2.79 bits per heavy atom. The minimum atomic E-state index is -0.308. The van der Waals surface area contributed by atoms with Gasteiger partial charge in [0.2, 0.25) is 0 Å². The molecule has 0 spiro atoms. The van der Waals surface area contributed by atoms with Crippen molar-refractivity contribution in [2.24, 2.45) is 0 Å². The molecule has 28 heavy (non-hydrogen) atoms. The number of nitrogen functional groups attached to an aromatic ring is 1. The zero-order chi connectivity index (χ0) is 19.5. The Morgan fingerprint density at radius 1 is 1.21 bits per heavy atom. The van der Waals surface area contributed by atoms with Crippen LogP contribution in [0.2, 0.25) is 0 Å². The lowest BCUT2D eigenvalue weighted by atomic mass is 9.97. The van der Waals surface area contributed by atoms with Gasteiger partial charge in [0.25, 0.3) is 0 Å². The molecule has 0 unspecified atom stereocenters. The molecule has 0 atom stereocenters. The van der Waals surface area contributed by atoms with E-state index in [0.717, 1.165) is 28.6 Å². The molecule has 2 aromatic heterocycles. The van der Waals surface area contributed by atoms with Crippen molar-refractivity contribution in [2.75, 3.05) is 5.73 Å². The lowest BCUT2D eigenvalue weighted by Gasteiger charge is -2.10. The summed E-state index contributed by atoms with van der Waals surface area (Å²) in [5.74, 6) is 0.612. The van der Waals surface area contributed by atoms with E-state index >= 15 is 0 Å². The molecular formula is C21H20N4O2S. The van der Waals surface area contributed by atoms with Gasteiger partial charge in [0.15, 0.2) is 12.4 Å². The molecule has 0 fully saturated rings. The van der Waals surface area contributed by atoms with Gasteiger partial charge < -0.3 is 10.5 Å². The van der Waals surface area contributed by atoms with Crippen molar-refractivity contribution in [3.63, 3.8) is 0 Å². The van der Waals surface area contributed by atoms with Crippen LogP contribution in [0.1, 0.15) is 46.7 Å². The number of ether oxygens (including phenoxy) is 1. The third kappa shape index (κ3) is 3.82. The van der Waals surface area contributed by atoms with Crippen molar-refractivity contribution in [1.82, 2.24) is 9.97 Å². The molecule has 0 saturated carbocycles. The number of carbonyl (C=O) groups excluding carboxylic acids is 1. The highest BCUT2D eigenvalue weighted by molar-refractivity contribution is 7.19. The van der Waals surface area contributed by atoms with E-state index in [0.29, 0.717) is 23.6 Å². The van der Waals surface area contributed by atoms with Crippen molar-refractivity contribution in [3.8, 4) is 6.07 Å². The first-order valence-corrected chi connectivity index (χ1v) is 10.2. The number of esters is 1. The van der Waals surface area contributed by atoms with Crippen LogP contribution in [-0.4, -0.2) is 15.9 Å². The van der Waals surface area contributed by atoms with Crippen molar-refractivity contribution in [1.29, 1.82) is 5.26 Å². The van der Waals surface area contributed by atoms with Crippen LogP contribution < -0.4 is 5.73 Å². The third-order valence-corrected chi connectivity index (χ3v) is 6.14. The maximum atomic E-state index is 12.1. The van der Waals surface area contributed by atoms with E-state index in [1.807, 2.05) is 12.1 Å². The van der Waals surface area contributed by atoms with Crippen LogP contribution in [-0.2, 0) is 35.4 Å². The number of rotatable bonds is 5. The van der Waals surface area contributed by atoms with Gasteiger partial charge >= 0.3 is 5.97 Å². The van der Waals surface area contributed by atoms with Gasteiger partial charge in [-0.25, -0.2) is 9.97 Å². The zero-order valence-electron chi connectivity index (χ0n) is 15.4. The van der Waals surface area contributed by atoms with Gasteiger partial charge in [-0.05, 0) is 55.4 Å². The smallest absolute Gasteiger partial charge is 0.306 e. The molecule has 1 aromatic carbocycles. The first-order valence-electron chi connectivity index (χ1n) is 9.35. The van der Waals surface area contributed by atoms with Gasteiger partial charge in [-0.3, -0.25) is 4.79 Å². The molecule has 3 aromatic rings. The molecule has 0 aliphatic heterocycles. The maximum Gasteiger partial charge on any atom is 0.306 e. The van der Waals surface area contributed by atoms with Crippen LogP contribution in [0.25, 0.3) is 10.2 Å². The van der Waals surface area contributed by atoms with Crippen LogP contribution in [0.3, 0.4) is 0 Å². The number of nitriles is 1. The number of nitrogens with zero attached hydrogens (tertiary/aromatic N) is 3. The van der Waals surface area contributed by atoms with Crippen molar-refractivity contribution in [3.05, 3.63) is 51.7 Å².